The largest absolute Gasteiger partial charge is 0.459 e. The molecule has 0 bridgehead atoms. The lowest BCUT2D eigenvalue weighted by atomic mass is 10.1. The van der Waals surface area contributed by atoms with E-state index in [0.29, 0.717) is 5.56 Å². The highest BCUT2D eigenvalue weighted by Crippen LogP contribution is 2.11. The van der Waals surface area contributed by atoms with Gasteiger partial charge < -0.3 is 9.47 Å². The number of carbonyl (C=O) groups is 2. The van der Waals surface area contributed by atoms with Crippen molar-refractivity contribution < 1.29 is 29.2 Å². The van der Waals surface area contributed by atoms with Crippen LogP contribution in [-0.4, -0.2) is 30.4 Å². The van der Waals surface area contributed by atoms with E-state index in [1.807, 2.05) is 0 Å². The molecule has 0 aliphatic carbocycles. The molecule has 1 rings (SSSR count). The minimum absolute atomic E-state index is 0.0455. The first-order valence-electron chi connectivity index (χ1n) is 5.90. The van der Waals surface area contributed by atoms with Gasteiger partial charge in [0, 0.05) is 5.57 Å². The number of benzene rings is 1. The minimum Gasteiger partial charge on any atom is -0.459 e. The lowest BCUT2D eigenvalue weighted by molar-refractivity contribution is -0.253. The Labute approximate surface area is 116 Å². The van der Waals surface area contributed by atoms with Crippen LogP contribution >= 0.6 is 0 Å². The van der Waals surface area contributed by atoms with E-state index >= 15 is 0 Å². The summed E-state index contributed by atoms with van der Waals surface area (Å²) < 4.78 is 9.75. The molecular formula is C14H16O6. The third-order valence-electron chi connectivity index (χ3n) is 2.36. The normalized spacial score (nSPS) is 9.90. The minimum atomic E-state index is -0.580. The number of hydrogen-bond donors (Lipinski definition) is 1. The van der Waals surface area contributed by atoms with Crippen LogP contribution in [0.5, 0.6) is 0 Å². The fraction of sp³-hybridized carbons (Fsp3) is 0.286. The summed E-state index contributed by atoms with van der Waals surface area (Å²) in [7, 11) is 0. The van der Waals surface area contributed by atoms with Gasteiger partial charge in [-0.25, -0.2) is 14.5 Å². The maximum atomic E-state index is 11.8. The number of carbonyl (C=O) groups excluding carboxylic acids is 2. The molecule has 0 saturated heterocycles. The molecule has 0 radical (unpaired) electrons. The number of rotatable bonds is 7. The van der Waals surface area contributed by atoms with E-state index in [2.05, 4.69) is 11.5 Å². The van der Waals surface area contributed by atoms with Gasteiger partial charge >= 0.3 is 11.9 Å². The van der Waals surface area contributed by atoms with Crippen molar-refractivity contribution in [1.29, 1.82) is 0 Å². The van der Waals surface area contributed by atoms with Crippen LogP contribution in [0.15, 0.2) is 36.4 Å². The van der Waals surface area contributed by atoms with Gasteiger partial charge in [-0.2, -0.15) is 0 Å². The first-order chi connectivity index (χ1) is 9.56. The molecule has 0 atom stereocenters. The van der Waals surface area contributed by atoms with Gasteiger partial charge in [0.05, 0.1) is 5.56 Å². The number of hydrogen-bond acceptors (Lipinski definition) is 6. The van der Waals surface area contributed by atoms with Gasteiger partial charge in [0.1, 0.15) is 19.8 Å². The van der Waals surface area contributed by atoms with Crippen molar-refractivity contribution in [2.75, 3.05) is 13.2 Å². The lowest BCUT2D eigenvalue weighted by Gasteiger charge is -2.09. The Morgan fingerprint density at radius 3 is 2.50 bits per heavy atom. The molecule has 1 aromatic rings. The molecule has 20 heavy (non-hydrogen) atoms. The molecule has 0 spiro atoms. The summed E-state index contributed by atoms with van der Waals surface area (Å²) in [6.07, 6.45) is 0. The van der Waals surface area contributed by atoms with Gasteiger partial charge in [-0.05, 0) is 18.6 Å². The van der Waals surface area contributed by atoms with Crippen LogP contribution in [0.2, 0.25) is 0 Å². The molecule has 1 N–H and O–H groups in total. The SMILES string of the molecule is C=C(C)C(=O)OCCOC(=O)c1ccccc1COO. The average molecular weight is 280 g/mol. The molecule has 0 fully saturated rings. The Morgan fingerprint density at radius 2 is 1.85 bits per heavy atom. The van der Waals surface area contributed by atoms with E-state index in [1.54, 1.807) is 24.3 Å². The zero-order valence-electron chi connectivity index (χ0n) is 11.1. The van der Waals surface area contributed by atoms with Crippen LogP contribution in [0, 0.1) is 0 Å². The quantitative estimate of drug-likeness (QED) is 0.270. The second kappa shape index (κ2) is 8.08. The Kier molecular flexibility index (Phi) is 6.42. The van der Waals surface area contributed by atoms with Crippen LogP contribution in [0.3, 0.4) is 0 Å². The van der Waals surface area contributed by atoms with Gasteiger partial charge in [-0.1, -0.05) is 24.8 Å². The summed E-state index contributed by atoms with van der Waals surface area (Å²) in [5, 5.41) is 8.44. The first kappa shape index (κ1) is 15.9. The predicted molar refractivity (Wildman–Crippen MR) is 69.9 cm³/mol. The van der Waals surface area contributed by atoms with Crippen LogP contribution in [-0.2, 0) is 25.8 Å². The molecule has 1 aromatic carbocycles. The fourth-order valence-electron chi connectivity index (χ4n) is 1.38. The van der Waals surface area contributed by atoms with Crippen LogP contribution in [0.1, 0.15) is 22.8 Å². The molecule has 0 saturated carbocycles. The summed E-state index contributed by atoms with van der Waals surface area (Å²) in [4.78, 5) is 26.9. The molecule has 0 heterocycles. The zero-order valence-corrected chi connectivity index (χ0v) is 11.1. The number of esters is 2. The first-order valence-corrected chi connectivity index (χ1v) is 5.90. The second-order valence-corrected chi connectivity index (χ2v) is 3.98. The monoisotopic (exact) mass is 280 g/mol. The van der Waals surface area contributed by atoms with Crippen molar-refractivity contribution in [1.82, 2.24) is 0 Å². The van der Waals surface area contributed by atoms with E-state index in [-0.39, 0.29) is 31.0 Å². The Balaban J connectivity index is 2.47. The van der Waals surface area contributed by atoms with Gasteiger partial charge in [0.2, 0.25) is 0 Å². The van der Waals surface area contributed by atoms with Crippen molar-refractivity contribution in [3.8, 4) is 0 Å². The van der Waals surface area contributed by atoms with E-state index < -0.39 is 11.9 Å². The van der Waals surface area contributed by atoms with E-state index in [4.69, 9.17) is 14.7 Å². The van der Waals surface area contributed by atoms with Crippen molar-refractivity contribution in [2.24, 2.45) is 0 Å². The molecule has 6 nitrogen and oxygen atoms in total. The Hall–Kier alpha value is -2.18. The van der Waals surface area contributed by atoms with E-state index in [0.717, 1.165) is 0 Å². The predicted octanol–water partition coefficient (Wildman–Crippen LogP) is 1.95. The summed E-state index contributed by atoms with van der Waals surface area (Å²) in [6, 6.07) is 6.56. The molecule has 6 heteroatoms. The molecule has 108 valence electrons. The highest BCUT2D eigenvalue weighted by molar-refractivity contribution is 5.91. The maximum absolute atomic E-state index is 11.8. The molecule has 0 amide bonds. The van der Waals surface area contributed by atoms with Gasteiger partial charge in [0.25, 0.3) is 0 Å². The highest BCUT2D eigenvalue weighted by atomic mass is 17.1. The maximum Gasteiger partial charge on any atom is 0.338 e. The molecule has 0 aliphatic heterocycles. The Bertz CT molecular complexity index is 494. The molecule has 0 aliphatic rings. The third kappa shape index (κ3) is 4.83. The smallest absolute Gasteiger partial charge is 0.338 e. The topological polar surface area (TPSA) is 82.1 Å². The van der Waals surface area contributed by atoms with Crippen LogP contribution in [0.4, 0.5) is 0 Å². The van der Waals surface area contributed by atoms with Crippen molar-refractivity contribution in [3.63, 3.8) is 0 Å². The van der Waals surface area contributed by atoms with E-state index in [1.165, 1.54) is 6.92 Å². The molecular weight excluding hydrogens is 264 g/mol. The summed E-state index contributed by atoms with van der Waals surface area (Å²) in [6.45, 7) is 4.73. The second-order valence-electron chi connectivity index (χ2n) is 3.98. The summed E-state index contributed by atoms with van der Waals surface area (Å²) in [5.74, 6) is -1.11. The Morgan fingerprint density at radius 1 is 1.20 bits per heavy atom. The highest BCUT2D eigenvalue weighted by Gasteiger charge is 2.12. The third-order valence-corrected chi connectivity index (χ3v) is 2.36. The zero-order chi connectivity index (χ0) is 15.0. The van der Waals surface area contributed by atoms with Gasteiger partial charge in [-0.15, -0.1) is 0 Å². The number of ether oxygens (including phenoxy) is 2. The van der Waals surface area contributed by atoms with Crippen LogP contribution < -0.4 is 0 Å². The summed E-state index contributed by atoms with van der Waals surface area (Å²) in [5.41, 5.74) is 1.06. The lowest BCUT2D eigenvalue weighted by Crippen LogP contribution is -2.15. The van der Waals surface area contributed by atoms with Crippen LogP contribution in [0.25, 0.3) is 0 Å². The average Bonchev–Trinajstić information content (AvgIpc) is 2.44. The summed E-state index contributed by atoms with van der Waals surface area (Å²) >= 11 is 0. The molecule has 0 unspecified atom stereocenters. The van der Waals surface area contributed by atoms with Crippen molar-refractivity contribution in [3.05, 3.63) is 47.5 Å². The van der Waals surface area contributed by atoms with E-state index in [9.17, 15) is 9.59 Å². The van der Waals surface area contributed by atoms with Gasteiger partial charge in [-0.3, -0.25) is 5.26 Å². The van der Waals surface area contributed by atoms with Crippen molar-refractivity contribution >= 4 is 11.9 Å². The fourth-order valence-corrected chi connectivity index (χ4v) is 1.38. The standard InChI is InChI=1S/C14H16O6/c1-10(2)13(15)18-7-8-19-14(16)12-6-4-3-5-11(12)9-20-17/h3-6,17H,1,7-9H2,2H3. The van der Waals surface area contributed by atoms with Crippen molar-refractivity contribution in [2.45, 2.75) is 13.5 Å². The molecule has 0 aromatic heterocycles. The van der Waals surface area contributed by atoms with Gasteiger partial charge in [0.15, 0.2) is 0 Å².